The molecule has 20 heavy (non-hydrogen) atoms. The van der Waals surface area contributed by atoms with Crippen LogP contribution in [-0.2, 0) is 6.42 Å². The molecule has 0 spiro atoms. The Kier molecular flexibility index (Phi) is 4.84. The lowest BCUT2D eigenvalue weighted by Crippen LogP contribution is -2.27. The molecule has 0 saturated carbocycles. The summed E-state index contributed by atoms with van der Waals surface area (Å²) in [5, 5.41) is 2.64. The van der Waals surface area contributed by atoms with Gasteiger partial charge in [-0.25, -0.2) is 8.78 Å². The Morgan fingerprint density at radius 1 is 1.10 bits per heavy atom. The molecule has 1 amide bonds. The Morgan fingerprint density at radius 3 is 2.45 bits per heavy atom. The lowest BCUT2D eigenvalue weighted by Gasteiger charge is -2.08. The van der Waals surface area contributed by atoms with Gasteiger partial charge < -0.3 is 5.32 Å². The molecule has 5 heteroatoms. The summed E-state index contributed by atoms with van der Waals surface area (Å²) in [6, 6.07) is 10.4. The Bertz CT molecular complexity index is 594. The molecule has 2 aromatic rings. The highest BCUT2D eigenvalue weighted by Gasteiger charge is 2.14. The first kappa shape index (κ1) is 14.7. The third-order valence-electron chi connectivity index (χ3n) is 2.80. The first-order chi connectivity index (χ1) is 9.58. The number of hydrogen-bond donors (Lipinski definition) is 1. The van der Waals surface area contributed by atoms with Crippen LogP contribution in [0.4, 0.5) is 8.78 Å². The number of nitrogens with one attached hydrogen (secondary N) is 1. The van der Waals surface area contributed by atoms with E-state index in [1.54, 1.807) is 18.2 Å². The van der Waals surface area contributed by atoms with Gasteiger partial charge in [0.1, 0.15) is 11.6 Å². The average Bonchev–Trinajstić information content (AvgIpc) is 2.41. The van der Waals surface area contributed by atoms with E-state index in [9.17, 15) is 13.6 Å². The number of benzene rings is 2. The fourth-order valence-corrected chi connectivity index (χ4v) is 2.30. The number of rotatable bonds is 4. The number of halogens is 3. The first-order valence-corrected chi connectivity index (χ1v) is 6.84. The van der Waals surface area contributed by atoms with Gasteiger partial charge in [0.2, 0.25) is 0 Å². The summed E-state index contributed by atoms with van der Waals surface area (Å²) in [6.07, 6.45) is 0.554. The number of hydrogen-bond acceptors (Lipinski definition) is 1. The third-order valence-corrected chi connectivity index (χ3v) is 3.46. The Labute approximate surface area is 123 Å². The van der Waals surface area contributed by atoms with E-state index in [1.807, 2.05) is 0 Å². The molecule has 0 unspecified atom stereocenters. The van der Waals surface area contributed by atoms with Crippen LogP contribution >= 0.6 is 15.9 Å². The number of carbonyl (C=O) groups is 1. The molecule has 2 rings (SSSR count). The fraction of sp³-hybridized carbons (Fsp3) is 0.133. The summed E-state index contributed by atoms with van der Waals surface area (Å²) in [5.74, 6) is -1.34. The molecule has 0 heterocycles. The zero-order valence-corrected chi connectivity index (χ0v) is 12.1. The van der Waals surface area contributed by atoms with Gasteiger partial charge in [0.15, 0.2) is 0 Å². The van der Waals surface area contributed by atoms with Gasteiger partial charge in [-0.05, 0) is 52.2 Å². The normalized spacial score (nSPS) is 10.3. The Hall–Kier alpha value is -1.75. The predicted octanol–water partition coefficient (Wildman–Crippen LogP) is 3.70. The fourth-order valence-electron chi connectivity index (χ4n) is 1.77. The van der Waals surface area contributed by atoms with Crippen molar-refractivity contribution in [1.82, 2.24) is 5.32 Å². The first-order valence-electron chi connectivity index (χ1n) is 6.04. The maximum atomic E-state index is 13.6. The van der Waals surface area contributed by atoms with Crippen LogP contribution in [0.5, 0.6) is 0 Å². The smallest absolute Gasteiger partial charge is 0.255 e. The molecule has 0 saturated heterocycles. The maximum absolute atomic E-state index is 13.6. The number of amides is 1. The minimum atomic E-state index is -0.571. The van der Waals surface area contributed by atoms with Gasteiger partial charge in [-0.3, -0.25) is 4.79 Å². The molecule has 0 radical (unpaired) electrons. The van der Waals surface area contributed by atoms with Crippen molar-refractivity contribution in [2.24, 2.45) is 0 Å². The molecule has 0 aliphatic heterocycles. The molecular weight excluding hydrogens is 328 g/mol. The van der Waals surface area contributed by atoms with E-state index in [2.05, 4.69) is 21.2 Å². The third kappa shape index (κ3) is 3.63. The lowest BCUT2D eigenvalue weighted by molar-refractivity contribution is 0.0949. The van der Waals surface area contributed by atoms with Crippen molar-refractivity contribution in [3.8, 4) is 0 Å². The molecule has 104 valence electrons. The summed E-state index contributed by atoms with van der Waals surface area (Å²) in [7, 11) is 0. The molecule has 0 aliphatic carbocycles. The van der Waals surface area contributed by atoms with Crippen molar-refractivity contribution in [2.75, 3.05) is 6.54 Å². The van der Waals surface area contributed by atoms with Crippen molar-refractivity contribution in [2.45, 2.75) is 6.42 Å². The molecule has 0 fully saturated rings. The van der Waals surface area contributed by atoms with Crippen LogP contribution in [0.3, 0.4) is 0 Å². The highest BCUT2D eigenvalue weighted by atomic mass is 79.9. The average molecular weight is 340 g/mol. The monoisotopic (exact) mass is 339 g/mol. The van der Waals surface area contributed by atoms with Gasteiger partial charge in [-0.1, -0.05) is 18.2 Å². The van der Waals surface area contributed by atoms with E-state index in [0.29, 0.717) is 17.4 Å². The Balaban J connectivity index is 1.94. The van der Waals surface area contributed by atoms with Crippen LogP contribution in [0.25, 0.3) is 0 Å². The largest absolute Gasteiger partial charge is 0.352 e. The van der Waals surface area contributed by atoms with Crippen LogP contribution in [0.2, 0.25) is 0 Å². The van der Waals surface area contributed by atoms with Crippen molar-refractivity contribution in [1.29, 1.82) is 0 Å². The summed E-state index contributed by atoms with van der Waals surface area (Å²) in [4.78, 5) is 11.9. The summed E-state index contributed by atoms with van der Waals surface area (Å²) in [5.41, 5.74) is 0.894. The maximum Gasteiger partial charge on any atom is 0.255 e. The van der Waals surface area contributed by atoms with Gasteiger partial charge in [0.05, 0.1) is 5.56 Å². The molecule has 2 nitrogen and oxygen atoms in total. The van der Waals surface area contributed by atoms with Crippen LogP contribution in [0.1, 0.15) is 15.9 Å². The minimum Gasteiger partial charge on any atom is -0.352 e. The van der Waals surface area contributed by atoms with Gasteiger partial charge in [-0.15, -0.1) is 0 Å². The van der Waals surface area contributed by atoms with Crippen LogP contribution in [0.15, 0.2) is 46.9 Å². The molecular formula is C15H12BrF2NO. The van der Waals surface area contributed by atoms with Gasteiger partial charge >= 0.3 is 0 Å². The summed E-state index contributed by atoms with van der Waals surface area (Å²) >= 11 is 3.15. The lowest BCUT2D eigenvalue weighted by atomic mass is 10.1. The summed E-state index contributed by atoms with van der Waals surface area (Å²) < 4.78 is 26.7. The molecule has 1 N–H and O–H groups in total. The molecule has 0 aromatic heterocycles. The molecule has 0 aliphatic rings. The second-order valence-electron chi connectivity index (χ2n) is 4.23. The SMILES string of the molecule is O=C(NCCc1ccc(F)cc1)c1c(F)cccc1Br. The van der Waals surface area contributed by atoms with E-state index in [0.717, 1.165) is 5.56 Å². The van der Waals surface area contributed by atoms with Crippen LogP contribution in [-0.4, -0.2) is 12.5 Å². The van der Waals surface area contributed by atoms with E-state index in [4.69, 9.17) is 0 Å². The molecule has 2 aromatic carbocycles. The van der Waals surface area contributed by atoms with Crippen molar-refractivity contribution >= 4 is 21.8 Å². The zero-order valence-electron chi connectivity index (χ0n) is 10.5. The highest BCUT2D eigenvalue weighted by Crippen LogP contribution is 2.19. The van der Waals surface area contributed by atoms with E-state index in [-0.39, 0.29) is 11.4 Å². The molecule has 0 bridgehead atoms. The standard InChI is InChI=1S/C15H12BrF2NO/c16-12-2-1-3-13(18)14(12)15(20)19-9-8-10-4-6-11(17)7-5-10/h1-7H,8-9H2,(H,19,20). The number of carbonyl (C=O) groups excluding carboxylic acids is 1. The highest BCUT2D eigenvalue weighted by molar-refractivity contribution is 9.10. The predicted molar refractivity (Wildman–Crippen MR) is 76.5 cm³/mol. The molecule has 0 atom stereocenters. The Morgan fingerprint density at radius 2 is 1.80 bits per heavy atom. The van der Waals surface area contributed by atoms with Crippen LogP contribution < -0.4 is 5.32 Å². The van der Waals surface area contributed by atoms with E-state index >= 15 is 0 Å². The van der Waals surface area contributed by atoms with Gasteiger partial charge in [0, 0.05) is 11.0 Å². The van der Waals surface area contributed by atoms with Crippen molar-refractivity contribution in [3.05, 3.63) is 69.7 Å². The van der Waals surface area contributed by atoms with Crippen molar-refractivity contribution in [3.63, 3.8) is 0 Å². The van der Waals surface area contributed by atoms with Crippen LogP contribution in [0, 0.1) is 11.6 Å². The van der Waals surface area contributed by atoms with Gasteiger partial charge in [-0.2, -0.15) is 0 Å². The van der Waals surface area contributed by atoms with Crippen molar-refractivity contribution < 1.29 is 13.6 Å². The van der Waals surface area contributed by atoms with Gasteiger partial charge in [0.25, 0.3) is 5.91 Å². The van der Waals surface area contributed by atoms with E-state index in [1.165, 1.54) is 24.3 Å². The minimum absolute atomic E-state index is 0.00777. The second-order valence-corrected chi connectivity index (χ2v) is 5.08. The zero-order chi connectivity index (χ0) is 14.5. The second kappa shape index (κ2) is 6.61. The van der Waals surface area contributed by atoms with E-state index < -0.39 is 11.7 Å². The summed E-state index contributed by atoms with van der Waals surface area (Å²) in [6.45, 7) is 0.352. The topological polar surface area (TPSA) is 29.1 Å². The quantitative estimate of drug-likeness (QED) is 0.904.